The molecule has 2 saturated carbocycles. The zero-order valence-electron chi connectivity index (χ0n) is 29.6. The van der Waals surface area contributed by atoms with E-state index in [9.17, 15) is 4.79 Å². The van der Waals surface area contributed by atoms with E-state index >= 15 is 0 Å². The molecule has 0 radical (unpaired) electrons. The van der Waals surface area contributed by atoms with Crippen molar-refractivity contribution < 1.29 is 19.0 Å². The Balaban J connectivity index is 1.53. The maximum atomic E-state index is 14.7. The summed E-state index contributed by atoms with van der Waals surface area (Å²) in [5.74, 6) is 2.40. The van der Waals surface area contributed by atoms with E-state index in [4.69, 9.17) is 14.2 Å². The SMILES string of the molecule is CCC(OC[C@](C)(NC)C(C)C)[C@@]1(C)COC(C)C2(C)C3=CC(=O)[C@]45C=CO[C@]([C@H](C)C(C)C)(CCC4(C)C3CCC21)C5. The molecule has 5 rings (SSSR count). The van der Waals surface area contributed by atoms with Crippen LogP contribution in [0.15, 0.2) is 24.0 Å². The van der Waals surface area contributed by atoms with Gasteiger partial charge >= 0.3 is 0 Å². The Hall–Kier alpha value is -1.17. The molecular formula is C38H63NO4. The number of nitrogens with one attached hydrogen (secondary N) is 1. The van der Waals surface area contributed by atoms with Crippen molar-refractivity contribution in [2.24, 2.45) is 51.2 Å². The van der Waals surface area contributed by atoms with Gasteiger partial charge in [0.25, 0.3) is 0 Å². The van der Waals surface area contributed by atoms with Gasteiger partial charge in [-0.3, -0.25) is 4.79 Å². The van der Waals surface area contributed by atoms with Crippen LogP contribution in [-0.2, 0) is 19.0 Å². The Morgan fingerprint density at radius 2 is 1.81 bits per heavy atom. The minimum atomic E-state index is -0.490. The summed E-state index contributed by atoms with van der Waals surface area (Å²) < 4.78 is 20.2. The number of likely N-dealkylation sites (N-methyl/N-ethyl adjacent to an activating group) is 1. The number of ether oxygens (including phenoxy) is 3. The molecule has 6 unspecified atom stereocenters. The Morgan fingerprint density at radius 3 is 2.42 bits per heavy atom. The molecule has 3 fully saturated rings. The predicted molar refractivity (Wildman–Crippen MR) is 175 cm³/mol. The number of allylic oxidation sites excluding steroid dienone is 2. The normalized spacial score (nSPS) is 44.9. The fourth-order valence-corrected chi connectivity index (χ4v) is 10.7. The lowest BCUT2D eigenvalue weighted by Gasteiger charge is -2.68. The average molecular weight is 598 g/mol. The monoisotopic (exact) mass is 597 g/mol. The largest absolute Gasteiger partial charge is 0.495 e. The molecule has 2 aliphatic heterocycles. The lowest BCUT2D eigenvalue weighted by Crippen LogP contribution is -2.67. The first-order valence-electron chi connectivity index (χ1n) is 17.6. The van der Waals surface area contributed by atoms with Crippen LogP contribution in [0.1, 0.15) is 115 Å². The minimum absolute atomic E-state index is 0.0506. The van der Waals surface area contributed by atoms with Crippen LogP contribution in [0.4, 0.5) is 0 Å². The van der Waals surface area contributed by atoms with Gasteiger partial charge in [0.1, 0.15) is 5.60 Å². The van der Waals surface area contributed by atoms with E-state index in [1.165, 1.54) is 5.57 Å². The second kappa shape index (κ2) is 11.0. The van der Waals surface area contributed by atoms with E-state index in [-0.39, 0.29) is 39.6 Å². The lowest BCUT2D eigenvalue weighted by atomic mass is 9.37. The minimum Gasteiger partial charge on any atom is -0.495 e. The van der Waals surface area contributed by atoms with E-state index in [2.05, 4.69) is 93.6 Å². The van der Waals surface area contributed by atoms with Crippen molar-refractivity contribution in [1.82, 2.24) is 5.32 Å². The van der Waals surface area contributed by atoms with Gasteiger partial charge in [-0.15, -0.1) is 0 Å². The maximum absolute atomic E-state index is 14.7. The number of ketones is 1. The summed E-state index contributed by atoms with van der Waals surface area (Å²) in [5.41, 5.74) is 0.0502. The summed E-state index contributed by atoms with van der Waals surface area (Å²) in [6.45, 7) is 26.9. The zero-order valence-corrected chi connectivity index (χ0v) is 29.6. The molecule has 2 bridgehead atoms. The van der Waals surface area contributed by atoms with Crippen molar-refractivity contribution in [3.63, 3.8) is 0 Å². The van der Waals surface area contributed by atoms with Gasteiger partial charge in [0.2, 0.25) is 0 Å². The van der Waals surface area contributed by atoms with Gasteiger partial charge in [-0.25, -0.2) is 0 Å². The first kappa shape index (κ1) is 33.2. The van der Waals surface area contributed by atoms with Gasteiger partial charge in [0.15, 0.2) is 5.78 Å². The van der Waals surface area contributed by atoms with Crippen molar-refractivity contribution in [2.75, 3.05) is 20.3 Å². The number of carbonyl (C=O) groups excluding carboxylic acids is 1. The van der Waals surface area contributed by atoms with Crippen molar-refractivity contribution in [3.8, 4) is 0 Å². The Kier molecular flexibility index (Phi) is 8.47. The molecule has 1 spiro atoms. The summed E-state index contributed by atoms with van der Waals surface area (Å²) in [6, 6.07) is 0. The molecule has 0 aromatic heterocycles. The third-order valence-electron chi connectivity index (χ3n) is 14.9. The van der Waals surface area contributed by atoms with Crippen molar-refractivity contribution >= 4 is 5.78 Å². The highest BCUT2D eigenvalue weighted by Gasteiger charge is 2.70. The van der Waals surface area contributed by atoms with Crippen LogP contribution in [0, 0.1) is 51.2 Å². The van der Waals surface area contributed by atoms with Crippen molar-refractivity contribution in [3.05, 3.63) is 24.0 Å². The molecule has 5 aliphatic rings. The number of hydrogen-bond donors (Lipinski definition) is 1. The number of fused-ring (bicyclic) bond motifs is 5. The van der Waals surface area contributed by atoms with Gasteiger partial charge in [-0.2, -0.15) is 0 Å². The van der Waals surface area contributed by atoms with Crippen LogP contribution in [0.25, 0.3) is 0 Å². The third-order valence-corrected chi connectivity index (χ3v) is 14.9. The highest BCUT2D eigenvalue weighted by Crippen LogP contribution is 2.72. The topological polar surface area (TPSA) is 56.8 Å². The Morgan fingerprint density at radius 1 is 1.12 bits per heavy atom. The van der Waals surface area contributed by atoms with Crippen LogP contribution in [0.5, 0.6) is 0 Å². The maximum Gasteiger partial charge on any atom is 0.166 e. The van der Waals surface area contributed by atoms with Crippen molar-refractivity contribution in [2.45, 2.75) is 138 Å². The molecule has 0 aromatic carbocycles. The van der Waals surface area contributed by atoms with E-state index in [0.717, 1.165) is 38.5 Å². The lowest BCUT2D eigenvalue weighted by molar-refractivity contribution is -0.228. The zero-order chi connectivity index (χ0) is 31.8. The average Bonchev–Trinajstić information content (AvgIpc) is 2.97. The molecule has 5 heteroatoms. The molecule has 0 aromatic rings. The molecule has 3 aliphatic carbocycles. The molecular weight excluding hydrogens is 534 g/mol. The molecule has 5 nitrogen and oxygen atoms in total. The van der Waals surface area contributed by atoms with E-state index < -0.39 is 5.41 Å². The summed E-state index contributed by atoms with van der Waals surface area (Å²) in [7, 11) is 2.04. The standard InChI is InChI=1S/C38H63NO4/c1-13-32(42-23-35(10,39-12)25(4)5)33(8)22-41-27(7)36(11)29-20-31(40)37-18-19-43-38(21-37,26(6)24(2)3)17-16-34(37,9)28(29)14-15-30(33)36/h18-20,24-28,30,32,39H,13-17,21-23H2,1-12H3/t26-,27?,28?,30?,32?,33+,34?,35+,36?,37-,38-/m1/s1. The Bertz CT molecular complexity index is 1140. The molecule has 11 atom stereocenters. The van der Waals surface area contributed by atoms with Gasteiger partial charge < -0.3 is 19.5 Å². The molecule has 43 heavy (non-hydrogen) atoms. The highest BCUT2D eigenvalue weighted by molar-refractivity contribution is 5.99. The Labute approximate surface area is 263 Å². The fourth-order valence-electron chi connectivity index (χ4n) is 10.7. The van der Waals surface area contributed by atoms with Crippen LogP contribution >= 0.6 is 0 Å². The predicted octanol–water partition coefficient (Wildman–Crippen LogP) is 8.13. The molecule has 244 valence electrons. The van der Waals surface area contributed by atoms with Gasteiger partial charge in [0.05, 0.1) is 37.1 Å². The van der Waals surface area contributed by atoms with E-state index in [0.29, 0.717) is 48.6 Å². The second-order valence-corrected chi connectivity index (χ2v) is 17.0. The van der Waals surface area contributed by atoms with E-state index in [1.54, 1.807) is 0 Å². The van der Waals surface area contributed by atoms with Gasteiger partial charge in [-0.05, 0) is 100 Å². The van der Waals surface area contributed by atoms with Crippen LogP contribution < -0.4 is 5.32 Å². The number of carbonyl (C=O) groups is 1. The number of rotatable bonds is 9. The summed E-state index contributed by atoms with van der Waals surface area (Å²) >= 11 is 0. The first-order valence-corrected chi connectivity index (χ1v) is 17.6. The molecule has 1 N–H and O–H groups in total. The van der Waals surface area contributed by atoms with E-state index in [1.807, 2.05) is 13.3 Å². The third kappa shape index (κ3) is 4.51. The van der Waals surface area contributed by atoms with Crippen LogP contribution in [0.2, 0.25) is 0 Å². The molecule has 2 heterocycles. The summed E-state index contributed by atoms with van der Waals surface area (Å²) in [6.07, 6.45) is 12.4. The summed E-state index contributed by atoms with van der Waals surface area (Å²) in [4.78, 5) is 14.7. The van der Waals surface area contributed by atoms with Gasteiger partial charge in [0, 0.05) is 22.8 Å². The van der Waals surface area contributed by atoms with Crippen LogP contribution in [-0.4, -0.2) is 49.4 Å². The van der Waals surface area contributed by atoms with Gasteiger partial charge in [-0.1, -0.05) is 67.9 Å². The molecule has 0 amide bonds. The van der Waals surface area contributed by atoms with Crippen molar-refractivity contribution in [1.29, 1.82) is 0 Å². The van der Waals surface area contributed by atoms with Crippen LogP contribution in [0.3, 0.4) is 0 Å². The quantitative estimate of drug-likeness (QED) is 0.291. The second-order valence-electron chi connectivity index (χ2n) is 17.0. The fraction of sp³-hybridized carbons (Fsp3) is 0.868. The number of hydrogen-bond acceptors (Lipinski definition) is 5. The first-order chi connectivity index (χ1) is 20.0. The molecule has 1 saturated heterocycles. The smallest absolute Gasteiger partial charge is 0.166 e. The highest BCUT2D eigenvalue weighted by atomic mass is 16.5. The summed E-state index contributed by atoms with van der Waals surface area (Å²) in [5, 5.41) is 3.53.